The molecule has 0 atom stereocenters. The minimum atomic E-state index is -0.584. The molecule has 0 bridgehead atoms. The van der Waals surface area contributed by atoms with Gasteiger partial charge in [-0.25, -0.2) is 0 Å². The number of aryl methyl sites for hydroxylation is 1. The normalized spacial score (nSPS) is 10.8. The van der Waals surface area contributed by atoms with E-state index in [-0.39, 0.29) is 5.69 Å². The summed E-state index contributed by atoms with van der Waals surface area (Å²) >= 11 is 0. The summed E-state index contributed by atoms with van der Waals surface area (Å²) in [5.74, 6) is 0.579. The summed E-state index contributed by atoms with van der Waals surface area (Å²) in [7, 11) is 4.74. The summed E-state index contributed by atoms with van der Waals surface area (Å²) in [6.45, 7) is 0. The number of aliphatic imine (C=N–C) groups is 1. The van der Waals surface area contributed by atoms with Crippen LogP contribution in [0.4, 0.5) is 5.69 Å². The SMILES string of the molecule is COc1cccc(C=Nc2cnn(C)c2C(N)=O)c1OC. The van der Waals surface area contributed by atoms with Gasteiger partial charge in [0, 0.05) is 18.8 Å². The van der Waals surface area contributed by atoms with Crippen LogP contribution < -0.4 is 15.2 Å². The minimum Gasteiger partial charge on any atom is -0.493 e. The third-order valence-corrected chi connectivity index (χ3v) is 2.93. The quantitative estimate of drug-likeness (QED) is 0.839. The maximum atomic E-state index is 11.4. The van der Waals surface area contributed by atoms with Crippen molar-refractivity contribution >= 4 is 17.8 Å². The lowest BCUT2D eigenvalue weighted by molar-refractivity contribution is 0.0992. The van der Waals surface area contributed by atoms with Crippen molar-refractivity contribution in [2.24, 2.45) is 17.8 Å². The Bertz CT molecular complexity index is 692. The molecule has 0 aliphatic carbocycles. The number of primary amides is 1. The van der Waals surface area contributed by atoms with E-state index in [0.29, 0.717) is 17.2 Å². The van der Waals surface area contributed by atoms with Crippen LogP contribution in [0, 0.1) is 0 Å². The van der Waals surface area contributed by atoms with Gasteiger partial charge >= 0.3 is 0 Å². The molecular weight excluding hydrogens is 272 g/mol. The Kier molecular flexibility index (Phi) is 4.22. The van der Waals surface area contributed by atoms with E-state index in [9.17, 15) is 4.79 Å². The van der Waals surface area contributed by atoms with E-state index in [1.807, 2.05) is 12.1 Å². The van der Waals surface area contributed by atoms with E-state index < -0.39 is 5.91 Å². The monoisotopic (exact) mass is 288 g/mol. The highest BCUT2D eigenvalue weighted by Crippen LogP contribution is 2.30. The standard InChI is InChI=1S/C14H16N4O3/c1-18-12(14(15)19)10(8-17-18)16-7-9-5-4-6-11(20-2)13(9)21-3/h4-8H,1-3H3,(H2,15,19). The zero-order chi connectivity index (χ0) is 15.4. The van der Waals surface area contributed by atoms with Gasteiger partial charge < -0.3 is 15.2 Å². The molecule has 0 saturated heterocycles. The second kappa shape index (κ2) is 6.08. The number of hydrogen-bond acceptors (Lipinski definition) is 5. The highest BCUT2D eigenvalue weighted by Gasteiger charge is 2.13. The van der Waals surface area contributed by atoms with Crippen LogP contribution in [0.5, 0.6) is 11.5 Å². The van der Waals surface area contributed by atoms with Gasteiger partial charge in [-0.05, 0) is 12.1 Å². The molecule has 2 rings (SSSR count). The average Bonchev–Trinajstić information content (AvgIpc) is 2.85. The van der Waals surface area contributed by atoms with E-state index in [1.165, 1.54) is 10.9 Å². The largest absolute Gasteiger partial charge is 0.493 e. The first-order valence-electron chi connectivity index (χ1n) is 6.15. The predicted molar refractivity (Wildman–Crippen MR) is 78.5 cm³/mol. The van der Waals surface area contributed by atoms with Crippen LogP contribution in [0.25, 0.3) is 0 Å². The zero-order valence-corrected chi connectivity index (χ0v) is 12.0. The molecular formula is C14H16N4O3. The molecule has 1 amide bonds. The van der Waals surface area contributed by atoms with Crippen molar-refractivity contribution in [3.05, 3.63) is 35.7 Å². The highest BCUT2D eigenvalue weighted by molar-refractivity contribution is 5.97. The predicted octanol–water partition coefficient (Wildman–Crippen LogP) is 1.29. The van der Waals surface area contributed by atoms with Crippen LogP contribution in [0.3, 0.4) is 0 Å². The van der Waals surface area contributed by atoms with Crippen molar-refractivity contribution in [2.45, 2.75) is 0 Å². The van der Waals surface area contributed by atoms with Crippen molar-refractivity contribution in [1.29, 1.82) is 0 Å². The van der Waals surface area contributed by atoms with Gasteiger partial charge in [0.25, 0.3) is 5.91 Å². The number of methoxy groups -OCH3 is 2. The number of rotatable bonds is 5. The molecule has 0 unspecified atom stereocenters. The van der Waals surface area contributed by atoms with Crippen LogP contribution in [-0.4, -0.2) is 36.1 Å². The molecule has 0 fully saturated rings. The van der Waals surface area contributed by atoms with Crippen LogP contribution in [0.2, 0.25) is 0 Å². The Morgan fingerprint density at radius 1 is 1.38 bits per heavy atom. The molecule has 1 aromatic heterocycles. The van der Waals surface area contributed by atoms with Gasteiger partial charge in [-0.15, -0.1) is 0 Å². The van der Waals surface area contributed by atoms with Crippen molar-refractivity contribution in [3.63, 3.8) is 0 Å². The lowest BCUT2D eigenvalue weighted by Gasteiger charge is -2.09. The highest BCUT2D eigenvalue weighted by atomic mass is 16.5. The Hall–Kier alpha value is -2.83. The smallest absolute Gasteiger partial charge is 0.269 e. The number of nitrogens with zero attached hydrogens (tertiary/aromatic N) is 3. The van der Waals surface area contributed by atoms with Crippen molar-refractivity contribution in [3.8, 4) is 11.5 Å². The summed E-state index contributed by atoms with van der Waals surface area (Å²) in [6.07, 6.45) is 3.05. The second-order valence-corrected chi connectivity index (χ2v) is 4.21. The molecule has 7 heteroatoms. The van der Waals surface area contributed by atoms with E-state index in [1.54, 1.807) is 33.5 Å². The fourth-order valence-corrected chi connectivity index (χ4v) is 1.96. The average molecular weight is 288 g/mol. The molecule has 7 nitrogen and oxygen atoms in total. The first-order valence-corrected chi connectivity index (χ1v) is 6.15. The van der Waals surface area contributed by atoms with Gasteiger partial charge in [0.2, 0.25) is 0 Å². The number of hydrogen-bond donors (Lipinski definition) is 1. The molecule has 21 heavy (non-hydrogen) atoms. The number of benzene rings is 1. The summed E-state index contributed by atoms with van der Waals surface area (Å²) in [5.41, 5.74) is 6.67. The number of para-hydroxylation sites is 1. The Balaban J connectivity index is 2.41. The zero-order valence-electron chi connectivity index (χ0n) is 12.0. The number of ether oxygens (including phenoxy) is 2. The fraction of sp³-hybridized carbons (Fsp3) is 0.214. The fourth-order valence-electron chi connectivity index (χ4n) is 1.96. The molecule has 2 aromatic rings. The van der Waals surface area contributed by atoms with E-state index in [2.05, 4.69) is 10.1 Å². The first-order chi connectivity index (χ1) is 10.1. The summed E-state index contributed by atoms with van der Waals surface area (Å²) in [4.78, 5) is 15.6. The molecule has 0 radical (unpaired) electrons. The maximum Gasteiger partial charge on any atom is 0.269 e. The van der Waals surface area contributed by atoms with Crippen LogP contribution in [0.15, 0.2) is 29.4 Å². The van der Waals surface area contributed by atoms with Crippen LogP contribution in [0.1, 0.15) is 16.1 Å². The lowest BCUT2D eigenvalue weighted by atomic mass is 10.2. The molecule has 1 aromatic carbocycles. The number of carbonyl (C=O) groups excluding carboxylic acids is 1. The molecule has 0 saturated carbocycles. The molecule has 2 N–H and O–H groups in total. The topological polar surface area (TPSA) is 91.7 Å². The Labute approximate surface area is 122 Å². The molecule has 0 aliphatic heterocycles. The summed E-state index contributed by atoms with van der Waals surface area (Å²) < 4.78 is 11.9. The minimum absolute atomic E-state index is 0.244. The second-order valence-electron chi connectivity index (χ2n) is 4.21. The van der Waals surface area contributed by atoms with E-state index >= 15 is 0 Å². The number of carbonyl (C=O) groups is 1. The molecule has 0 spiro atoms. The molecule has 0 aliphatic rings. The summed E-state index contributed by atoms with van der Waals surface area (Å²) in [6, 6.07) is 5.43. The number of nitrogens with two attached hydrogens (primary N) is 1. The number of amides is 1. The van der Waals surface area contributed by atoms with Gasteiger partial charge in [-0.2, -0.15) is 5.10 Å². The van der Waals surface area contributed by atoms with Gasteiger partial charge in [0.1, 0.15) is 5.69 Å². The van der Waals surface area contributed by atoms with E-state index in [4.69, 9.17) is 15.2 Å². The molecule has 110 valence electrons. The van der Waals surface area contributed by atoms with Gasteiger partial charge in [0.05, 0.1) is 20.4 Å². The van der Waals surface area contributed by atoms with Crippen LogP contribution in [-0.2, 0) is 7.05 Å². The Morgan fingerprint density at radius 3 is 2.76 bits per heavy atom. The van der Waals surface area contributed by atoms with Crippen molar-refractivity contribution < 1.29 is 14.3 Å². The van der Waals surface area contributed by atoms with E-state index in [0.717, 1.165) is 5.56 Å². The Morgan fingerprint density at radius 2 is 2.14 bits per heavy atom. The van der Waals surface area contributed by atoms with Crippen LogP contribution >= 0.6 is 0 Å². The summed E-state index contributed by atoms with van der Waals surface area (Å²) in [5, 5.41) is 3.97. The van der Waals surface area contributed by atoms with Crippen molar-refractivity contribution in [1.82, 2.24) is 9.78 Å². The van der Waals surface area contributed by atoms with Crippen molar-refractivity contribution in [2.75, 3.05) is 14.2 Å². The maximum absolute atomic E-state index is 11.4. The number of aromatic nitrogens is 2. The van der Waals surface area contributed by atoms with Gasteiger partial charge in [-0.1, -0.05) is 6.07 Å². The van der Waals surface area contributed by atoms with Gasteiger partial charge in [-0.3, -0.25) is 14.5 Å². The third kappa shape index (κ3) is 2.86. The third-order valence-electron chi connectivity index (χ3n) is 2.93. The van der Waals surface area contributed by atoms with Gasteiger partial charge in [0.15, 0.2) is 17.2 Å². The first kappa shape index (κ1) is 14.6. The lowest BCUT2D eigenvalue weighted by Crippen LogP contribution is -2.15. The molecule has 1 heterocycles.